The Morgan fingerprint density at radius 1 is 0.358 bits per heavy atom. The molecule has 0 radical (unpaired) electrons. The molecule has 12 aliphatic rings. The first-order valence-corrected chi connectivity index (χ1v) is 45.7. The third kappa shape index (κ3) is 23.4. The Hall–Kier alpha value is -3.19. The highest BCUT2D eigenvalue weighted by molar-refractivity contribution is 9.09. The highest BCUT2D eigenvalue weighted by Gasteiger charge is 2.65. The van der Waals surface area contributed by atoms with Gasteiger partial charge in [0, 0.05) is 42.4 Å². The molecular formula is C78H132BrN5O53. The van der Waals surface area contributed by atoms with Gasteiger partial charge in [0.2, 0.25) is 5.91 Å². The molecule has 59 heteroatoms. The van der Waals surface area contributed by atoms with Gasteiger partial charge in [-0.05, 0) is 0 Å². The number of halogens is 1. The Bertz CT molecular complexity index is 3800. The van der Waals surface area contributed by atoms with E-state index in [1.165, 1.54) is 27.7 Å². The zero-order chi connectivity index (χ0) is 101. The minimum absolute atomic E-state index is 0.166. The standard InChI is InChI=1S/C78H132BrN5O53/c1-18-38(96)57(27(11-88)120-66(18)84-34(95)7-79)129-67-19(2)39(97)60(30(14-91)123-67)132-72-56(114)63(133-74-65(53(111)44(102)26(10-87)122-74)135-69-21(4)41(99)59(29(13-90)125-69)131-71-55(113)51(109)46(104)33(128-71)17-119-78(76(83)116)6-23(93)37(81)62(137-78)42(100)24(94)8-85)47(105)31(126-72)15-117-73-64(52(110)43(101)25(9-86)121-73)134-68-20(3)40(98)58(28(12-89)124-68)130-70-54(112)50(108)45(103)32(127-70)16-118-77(75(82)115)5-22(92)36(80)61(136-77)35-48(106)49(35)107/h18-33,35-74,85-94,96-114H,5-17,80-81H2,1-4H3,(H2,82,115)(H2,83,116)(H,84,95)/t18-,19-,20?,21-,22+,23+,24?,25?,26+,27?,28-,29?,30?,31?,32?,33?,35?,36+,37+,38?,39?,40?,41?,42+,43+,44+,45-,46-,47+,48?,49?,50?,51?,52?,53?,54-,55-,56+,57+,58+,59+,60+,61?,62?,63?,64+,65?,66+,67-,68-,69-,70-,71-,72-,73-,74+,77+,78+/m0/s1. The van der Waals surface area contributed by atoms with Gasteiger partial charge >= 0.3 is 0 Å². The Morgan fingerprint density at radius 3 is 1.09 bits per heavy atom. The number of nitrogens with one attached hydrogen (secondary N) is 1. The van der Waals surface area contributed by atoms with Crippen LogP contribution in [0.1, 0.15) is 40.5 Å². The summed E-state index contributed by atoms with van der Waals surface area (Å²) in [5, 5.41) is 328. The molecule has 3 amide bonds. The van der Waals surface area contributed by atoms with Gasteiger partial charge in [0.05, 0.1) is 138 Å². The average molecular weight is 2070 g/mol. The first-order valence-electron chi connectivity index (χ1n) is 44.6. The summed E-state index contributed by atoms with van der Waals surface area (Å²) < 4.78 is 127. The molecule has 1 aliphatic carbocycles. The van der Waals surface area contributed by atoms with Crippen molar-refractivity contribution in [2.24, 2.45) is 52.5 Å². The smallest absolute Gasteiger partial charge is 0.277 e. The maximum atomic E-state index is 13.1. The van der Waals surface area contributed by atoms with E-state index in [2.05, 4.69) is 21.2 Å². The predicted molar refractivity (Wildman–Crippen MR) is 433 cm³/mol. The fraction of sp³-hybridized carbons (Fsp3) is 0.962. The molecule has 0 aromatic carbocycles. The minimum atomic E-state index is -2.75. The maximum Gasteiger partial charge on any atom is 0.277 e. The van der Waals surface area contributed by atoms with Crippen LogP contribution in [0.5, 0.6) is 0 Å². The second-order valence-corrected chi connectivity index (χ2v) is 37.1. The summed E-state index contributed by atoms with van der Waals surface area (Å²) in [4.78, 5) is 38.6. The zero-order valence-corrected chi connectivity index (χ0v) is 75.6. The van der Waals surface area contributed by atoms with Crippen molar-refractivity contribution in [2.75, 3.05) is 71.4 Å². The molecule has 23 unspecified atom stereocenters. The van der Waals surface area contributed by atoms with Crippen molar-refractivity contribution in [3.05, 3.63) is 0 Å². The van der Waals surface area contributed by atoms with Gasteiger partial charge in [0.15, 0.2) is 50.3 Å². The third-order valence-electron chi connectivity index (χ3n) is 27.5. The SMILES string of the molecule is CC1C(O)[C@H](O[C@@H]2OC(CO[C@]3(C(N)=O)C[C@@H](O)[C@@H](N)C(C4C(O)C4O)O3)[C@H](O)C(O)[C@@H]2O)[C@H](CO)O[C@H]1O[C@@H]1C(O)[C@H](O)C(CO)O[C@@H]1OCC1O[C@@H](O[C@@H]2C(CO)O[C@@H](O[C@@H]3C(CO)O[C@@H](NC(=O)CBr)[C@@H](C)C3O)[C@@H](C)C2O)[C@H](O)C(O[C@H]2O[C@H](CO)[C@@H](O)C(O)C2O[C@@H]2OC(CO)[C@@H](O[C@@H]3OC(CO[C@]4(C(N)=O)C[C@@H](O)[C@@H](N)C([C@H](O)C(O)CO)O4)[C@H](O)C(O)[C@@H]3O)C(O)[C@@H]2C)[C@@H]1O. The van der Waals surface area contributed by atoms with Crippen molar-refractivity contribution >= 4 is 33.7 Å². The van der Waals surface area contributed by atoms with Gasteiger partial charge in [-0.2, -0.15) is 0 Å². The summed E-state index contributed by atoms with van der Waals surface area (Å²) in [5.74, 6) is -15.0. The molecule has 57 atom stereocenters. The molecule has 794 valence electrons. The van der Waals surface area contributed by atoms with E-state index in [0.29, 0.717) is 0 Å². The highest BCUT2D eigenvalue weighted by Crippen LogP contribution is 2.47. The normalized spacial score (nSPS) is 51.6. The van der Waals surface area contributed by atoms with Crippen molar-refractivity contribution in [1.29, 1.82) is 0 Å². The van der Waals surface area contributed by atoms with E-state index in [1.54, 1.807) is 0 Å². The van der Waals surface area contributed by atoms with Gasteiger partial charge < -0.3 is 276 Å². The molecule has 11 aliphatic heterocycles. The summed E-state index contributed by atoms with van der Waals surface area (Å²) in [5.41, 5.74) is 23.5. The van der Waals surface area contributed by atoms with Crippen LogP contribution in [0.3, 0.4) is 0 Å². The van der Waals surface area contributed by atoms with Crippen LogP contribution in [0.25, 0.3) is 0 Å². The van der Waals surface area contributed by atoms with E-state index >= 15 is 0 Å². The second-order valence-electron chi connectivity index (χ2n) is 36.6. The van der Waals surface area contributed by atoms with Crippen LogP contribution in [-0.2, 0) is 114 Å². The van der Waals surface area contributed by atoms with Crippen molar-refractivity contribution < 1.29 is 262 Å². The number of ether oxygens (including phenoxy) is 21. The quantitative estimate of drug-likeness (QED) is 0.0257. The van der Waals surface area contributed by atoms with Gasteiger partial charge in [-0.3, -0.25) is 14.4 Å². The fourth-order valence-electron chi connectivity index (χ4n) is 18.6. The van der Waals surface area contributed by atoms with Gasteiger partial charge in [-0.15, -0.1) is 0 Å². The molecule has 12 fully saturated rings. The molecule has 1 saturated carbocycles. The summed E-state index contributed by atoms with van der Waals surface area (Å²) in [6, 6.07) is -2.83. The second kappa shape index (κ2) is 47.3. The summed E-state index contributed by atoms with van der Waals surface area (Å²) in [6.45, 7) is -5.27. The van der Waals surface area contributed by atoms with Crippen LogP contribution in [-0.4, -0.2) is 562 Å². The van der Waals surface area contributed by atoms with E-state index in [1.807, 2.05) is 0 Å². The number of carbonyl (C=O) groups excluding carboxylic acids is 3. The Kier molecular flexibility index (Phi) is 38.9. The fourth-order valence-corrected chi connectivity index (χ4v) is 18.8. The van der Waals surface area contributed by atoms with Crippen molar-refractivity contribution in [1.82, 2.24) is 5.32 Å². The van der Waals surface area contributed by atoms with Gasteiger partial charge in [-0.1, -0.05) is 43.6 Å². The average Bonchev–Trinajstić information content (AvgIpc) is 1.51. The number of primary amides is 2. The van der Waals surface area contributed by atoms with Crippen LogP contribution < -0.4 is 28.3 Å². The molecule has 0 aromatic rings. The van der Waals surface area contributed by atoms with Crippen molar-refractivity contribution in [3.63, 3.8) is 0 Å². The monoisotopic (exact) mass is 2070 g/mol. The summed E-state index contributed by atoms with van der Waals surface area (Å²) in [6.07, 6.45) is -96.9. The van der Waals surface area contributed by atoms with Gasteiger partial charge in [0.25, 0.3) is 23.4 Å². The van der Waals surface area contributed by atoms with E-state index in [4.69, 9.17) is 122 Å². The minimum Gasteiger partial charge on any atom is -0.394 e. The number of amides is 3. The zero-order valence-electron chi connectivity index (χ0n) is 74.0. The number of alkyl halides is 1. The number of hydrogen-bond acceptors (Lipinski definition) is 55. The van der Waals surface area contributed by atoms with Crippen LogP contribution >= 0.6 is 15.9 Å². The lowest BCUT2D eigenvalue weighted by atomic mass is 9.89. The molecule has 0 spiro atoms. The van der Waals surface area contributed by atoms with Crippen LogP contribution in [0, 0.1) is 29.6 Å². The summed E-state index contributed by atoms with van der Waals surface area (Å²) >= 11 is 3.03. The lowest BCUT2D eigenvalue weighted by Crippen LogP contribution is -2.68. The Morgan fingerprint density at radius 2 is 0.693 bits per heavy atom. The van der Waals surface area contributed by atoms with Gasteiger partial charge in [-0.25, -0.2) is 0 Å². The Labute approximate surface area is 786 Å². The number of nitrogens with two attached hydrogens (primary N) is 4. The number of hydrogen-bond donors (Lipinski definition) is 34. The van der Waals surface area contributed by atoms with E-state index in [0.717, 1.165) is 0 Å². The van der Waals surface area contributed by atoms with Crippen LogP contribution in [0.15, 0.2) is 0 Å². The van der Waals surface area contributed by atoms with Crippen LogP contribution in [0.2, 0.25) is 0 Å². The number of carbonyl (C=O) groups is 3. The molecular weight excluding hydrogens is 1930 g/mol. The maximum absolute atomic E-state index is 13.1. The van der Waals surface area contributed by atoms with Gasteiger partial charge in [0.1, 0.15) is 195 Å². The van der Waals surface area contributed by atoms with Crippen molar-refractivity contribution in [3.8, 4) is 0 Å². The molecule has 38 N–H and O–H groups in total. The molecule has 137 heavy (non-hydrogen) atoms. The molecule has 0 bridgehead atoms. The lowest BCUT2D eigenvalue weighted by Gasteiger charge is -2.51. The summed E-state index contributed by atoms with van der Waals surface area (Å²) in [7, 11) is 0. The highest BCUT2D eigenvalue weighted by atomic mass is 79.9. The first kappa shape index (κ1) is 113. The Balaban J connectivity index is 0.781. The topological polar surface area (TPSA) is 948 Å². The predicted octanol–water partition coefficient (Wildman–Crippen LogP) is -21.6. The number of rotatable bonds is 37. The van der Waals surface area contributed by atoms with E-state index in [-0.39, 0.29) is 5.33 Å². The number of aliphatic hydroxyl groups is 29. The van der Waals surface area contributed by atoms with E-state index < -0.39 is 451 Å². The van der Waals surface area contributed by atoms with Crippen LogP contribution in [0.4, 0.5) is 0 Å². The number of aliphatic hydroxyl groups excluding tert-OH is 29. The van der Waals surface area contributed by atoms with Crippen molar-refractivity contribution in [2.45, 2.75) is 365 Å². The third-order valence-corrected chi connectivity index (χ3v) is 28.0. The lowest BCUT2D eigenvalue weighted by molar-refractivity contribution is -0.402. The van der Waals surface area contributed by atoms with E-state index in [9.17, 15) is 162 Å². The largest absolute Gasteiger partial charge is 0.394 e. The molecule has 11 saturated heterocycles. The molecule has 58 nitrogen and oxygen atoms in total. The molecule has 0 aromatic heterocycles. The molecule has 12 rings (SSSR count). The molecule has 11 heterocycles. The first-order chi connectivity index (χ1) is 64.7.